The molecule has 0 unspecified atom stereocenters. The lowest BCUT2D eigenvalue weighted by Crippen LogP contribution is -2.55. The van der Waals surface area contributed by atoms with Gasteiger partial charge in [-0.3, -0.25) is 4.90 Å². The molecule has 1 heterocycles. The van der Waals surface area contributed by atoms with Crippen molar-refractivity contribution in [3.63, 3.8) is 0 Å². The maximum Gasteiger partial charge on any atom is 0.410 e. The van der Waals surface area contributed by atoms with Gasteiger partial charge in [0.15, 0.2) is 0 Å². The third-order valence-electron chi connectivity index (χ3n) is 5.03. The van der Waals surface area contributed by atoms with E-state index in [2.05, 4.69) is 18.7 Å². The number of likely N-dealkylation sites (tertiary alicyclic amines) is 1. The Kier molecular flexibility index (Phi) is 6.19. The minimum absolute atomic E-state index is 0.262. The van der Waals surface area contributed by atoms with Crippen molar-refractivity contribution in [3.8, 4) is 0 Å². The Bertz CT molecular complexity index is 419. The molecule has 1 amide bonds. The molecule has 1 N–H and O–H groups in total. The van der Waals surface area contributed by atoms with E-state index in [1.165, 1.54) is 19.3 Å². The molecule has 1 saturated heterocycles. The Morgan fingerprint density at radius 1 is 1.29 bits per heavy atom. The summed E-state index contributed by atoms with van der Waals surface area (Å²) in [5.41, 5.74) is -1.15. The average molecular weight is 341 g/mol. The van der Waals surface area contributed by atoms with Crippen LogP contribution in [0.2, 0.25) is 0 Å². The van der Waals surface area contributed by atoms with Crippen LogP contribution in [0.15, 0.2) is 0 Å². The summed E-state index contributed by atoms with van der Waals surface area (Å²) in [6.45, 7) is 13.0. The quantitative estimate of drug-likeness (QED) is 0.835. The monoisotopic (exact) mass is 340 g/mol. The molecule has 1 aliphatic heterocycles. The van der Waals surface area contributed by atoms with Crippen LogP contribution in [0.1, 0.15) is 66.7 Å². The van der Waals surface area contributed by atoms with Crippen molar-refractivity contribution >= 4 is 6.09 Å². The first-order chi connectivity index (χ1) is 11.1. The van der Waals surface area contributed by atoms with Crippen LogP contribution in [0.3, 0.4) is 0 Å². The number of rotatable bonds is 5. The van der Waals surface area contributed by atoms with Gasteiger partial charge in [0, 0.05) is 32.2 Å². The summed E-state index contributed by atoms with van der Waals surface area (Å²) in [5, 5.41) is 11.0. The van der Waals surface area contributed by atoms with Gasteiger partial charge in [-0.15, -0.1) is 0 Å². The Morgan fingerprint density at radius 2 is 1.88 bits per heavy atom. The number of hydrogen-bond donors (Lipinski definition) is 1. The van der Waals surface area contributed by atoms with Crippen molar-refractivity contribution in [3.05, 3.63) is 0 Å². The summed E-state index contributed by atoms with van der Waals surface area (Å²) < 4.78 is 5.44. The molecular weight excluding hydrogens is 304 g/mol. The van der Waals surface area contributed by atoms with Gasteiger partial charge in [0.1, 0.15) is 5.60 Å². The number of amides is 1. The molecule has 1 saturated carbocycles. The van der Waals surface area contributed by atoms with Gasteiger partial charge in [0.2, 0.25) is 0 Å². The normalized spacial score (nSPS) is 21.9. The summed E-state index contributed by atoms with van der Waals surface area (Å²) in [6.07, 6.45) is 4.83. The second-order valence-corrected chi connectivity index (χ2v) is 9.10. The van der Waals surface area contributed by atoms with E-state index in [4.69, 9.17) is 4.74 Å². The summed E-state index contributed by atoms with van der Waals surface area (Å²) in [6, 6.07) is 0.639. The van der Waals surface area contributed by atoms with E-state index in [0.717, 1.165) is 13.1 Å². The van der Waals surface area contributed by atoms with E-state index in [9.17, 15) is 9.90 Å². The first-order valence-corrected chi connectivity index (χ1v) is 9.52. The molecule has 0 radical (unpaired) electrons. The van der Waals surface area contributed by atoms with E-state index in [1.54, 1.807) is 4.90 Å². The van der Waals surface area contributed by atoms with Crippen molar-refractivity contribution in [1.82, 2.24) is 9.80 Å². The lowest BCUT2D eigenvalue weighted by molar-refractivity contribution is -0.0644. The predicted octanol–water partition coefficient (Wildman–Crippen LogP) is 3.26. The third-order valence-corrected chi connectivity index (χ3v) is 5.03. The lowest BCUT2D eigenvalue weighted by atomic mass is 9.86. The largest absolute Gasteiger partial charge is 0.444 e. The topological polar surface area (TPSA) is 53.0 Å². The van der Waals surface area contributed by atoms with Gasteiger partial charge in [-0.1, -0.05) is 20.3 Å². The Morgan fingerprint density at radius 3 is 2.29 bits per heavy atom. The van der Waals surface area contributed by atoms with Crippen molar-refractivity contribution in [1.29, 1.82) is 0 Å². The minimum atomic E-state index is -0.678. The van der Waals surface area contributed by atoms with Crippen molar-refractivity contribution in [2.45, 2.75) is 84.0 Å². The van der Waals surface area contributed by atoms with Crippen molar-refractivity contribution in [2.75, 3.05) is 26.2 Å². The van der Waals surface area contributed by atoms with E-state index >= 15 is 0 Å². The van der Waals surface area contributed by atoms with Gasteiger partial charge in [-0.25, -0.2) is 4.79 Å². The Hall–Kier alpha value is -0.810. The van der Waals surface area contributed by atoms with Gasteiger partial charge < -0.3 is 14.7 Å². The average Bonchev–Trinajstić information content (AvgIpc) is 2.33. The third kappa shape index (κ3) is 5.62. The molecule has 2 aliphatic rings. The first kappa shape index (κ1) is 19.5. The molecule has 0 aromatic rings. The molecule has 0 spiro atoms. The minimum Gasteiger partial charge on any atom is -0.444 e. The molecule has 0 aromatic carbocycles. The van der Waals surface area contributed by atoms with Crippen LogP contribution in [0.4, 0.5) is 4.79 Å². The maximum absolute atomic E-state index is 12.2. The number of ether oxygens (including phenoxy) is 1. The molecule has 24 heavy (non-hydrogen) atoms. The summed E-state index contributed by atoms with van der Waals surface area (Å²) >= 11 is 0. The number of aliphatic hydroxyl groups is 1. The fourth-order valence-electron chi connectivity index (χ4n) is 3.53. The zero-order valence-electron chi connectivity index (χ0n) is 16.2. The van der Waals surface area contributed by atoms with Crippen LogP contribution < -0.4 is 0 Å². The highest BCUT2D eigenvalue weighted by Crippen LogP contribution is 2.30. The van der Waals surface area contributed by atoms with Gasteiger partial charge in [0.05, 0.1) is 5.60 Å². The first-order valence-electron chi connectivity index (χ1n) is 9.52. The molecule has 1 aliphatic carbocycles. The van der Waals surface area contributed by atoms with E-state index < -0.39 is 11.2 Å². The van der Waals surface area contributed by atoms with Gasteiger partial charge >= 0.3 is 6.09 Å². The number of hydrogen-bond acceptors (Lipinski definition) is 4. The zero-order valence-corrected chi connectivity index (χ0v) is 16.2. The maximum atomic E-state index is 12.2. The highest BCUT2D eigenvalue weighted by molar-refractivity contribution is 5.68. The molecule has 2 fully saturated rings. The molecule has 5 heteroatoms. The Balaban J connectivity index is 1.87. The molecule has 0 atom stereocenters. The number of piperidine rings is 1. The van der Waals surface area contributed by atoms with Crippen LogP contribution in [0.5, 0.6) is 0 Å². The van der Waals surface area contributed by atoms with E-state index in [0.29, 0.717) is 37.9 Å². The number of carbonyl (C=O) groups excluding carboxylic acids is 1. The van der Waals surface area contributed by atoms with Crippen LogP contribution in [-0.4, -0.2) is 64.4 Å². The van der Waals surface area contributed by atoms with Crippen LogP contribution >= 0.6 is 0 Å². The predicted molar refractivity (Wildman–Crippen MR) is 96.0 cm³/mol. The highest BCUT2D eigenvalue weighted by atomic mass is 16.6. The fraction of sp³-hybridized carbons (Fsp3) is 0.947. The molecular formula is C19H36N2O3. The standard InChI is InChI=1S/C19H36N2O3/c1-15(2)13-21(16-7-6-8-16)14-19(23)9-11-20(12-10-19)17(22)24-18(3,4)5/h15-16,23H,6-14H2,1-5H3. The van der Waals surface area contributed by atoms with Crippen LogP contribution in [0.25, 0.3) is 0 Å². The van der Waals surface area contributed by atoms with Crippen molar-refractivity contribution in [2.24, 2.45) is 5.92 Å². The summed E-state index contributed by atoms with van der Waals surface area (Å²) in [4.78, 5) is 16.4. The molecule has 5 nitrogen and oxygen atoms in total. The number of carbonyl (C=O) groups is 1. The smallest absolute Gasteiger partial charge is 0.410 e. The van der Waals surface area contributed by atoms with Crippen LogP contribution in [-0.2, 0) is 4.74 Å². The van der Waals surface area contributed by atoms with Gasteiger partial charge in [0.25, 0.3) is 0 Å². The summed E-state index contributed by atoms with van der Waals surface area (Å²) in [5.74, 6) is 0.607. The highest BCUT2D eigenvalue weighted by Gasteiger charge is 2.38. The van der Waals surface area contributed by atoms with Gasteiger partial charge in [-0.2, -0.15) is 0 Å². The fourth-order valence-corrected chi connectivity index (χ4v) is 3.53. The molecule has 0 aromatic heterocycles. The number of nitrogens with zero attached hydrogens (tertiary/aromatic N) is 2. The van der Waals surface area contributed by atoms with Gasteiger partial charge in [-0.05, 0) is 52.4 Å². The van der Waals surface area contributed by atoms with Crippen molar-refractivity contribution < 1.29 is 14.6 Å². The lowest BCUT2D eigenvalue weighted by Gasteiger charge is -2.45. The molecule has 140 valence electrons. The zero-order chi connectivity index (χ0) is 18.0. The van der Waals surface area contributed by atoms with E-state index in [-0.39, 0.29) is 6.09 Å². The van der Waals surface area contributed by atoms with Crippen LogP contribution in [0, 0.1) is 5.92 Å². The summed E-state index contributed by atoms with van der Waals surface area (Å²) in [7, 11) is 0. The molecule has 2 rings (SSSR count). The second-order valence-electron chi connectivity index (χ2n) is 9.10. The van der Waals surface area contributed by atoms with E-state index in [1.807, 2.05) is 20.8 Å². The Labute approximate surface area is 147 Å². The molecule has 0 bridgehead atoms. The second kappa shape index (κ2) is 7.61. The SMILES string of the molecule is CC(C)CN(CC1(O)CCN(C(=O)OC(C)(C)C)CC1)C1CCC1.